The molecule has 1 spiro atoms. The fraction of sp³-hybridized carbons (Fsp3) is 0.553. The Morgan fingerprint density at radius 2 is 2.04 bits per heavy atom. The van der Waals surface area contributed by atoms with Crippen molar-refractivity contribution in [1.82, 2.24) is 4.72 Å². The third-order valence-corrected chi connectivity index (χ3v) is 14.3. The number of hydrogen-bond acceptors (Lipinski definition) is 7. The molecule has 48 heavy (non-hydrogen) atoms. The number of methoxy groups -OCH3 is 1. The second-order valence-electron chi connectivity index (χ2n) is 14.7. The maximum absolute atomic E-state index is 13.9. The molecule has 1 fully saturated rings. The van der Waals surface area contributed by atoms with Gasteiger partial charge < -0.3 is 19.1 Å². The van der Waals surface area contributed by atoms with Crippen molar-refractivity contribution in [3.05, 3.63) is 70.3 Å². The number of aryl methyl sites for hydroxylation is 1. The Hall–Kier alpha value is -3.01. The van der Waals surface area contributed by atoms with Gasteiger partial charge in [-0.3, -0.25) is 14.5 Å². The summed E-state index contributed by atoms with van der Waals surface area (Å²) in [5.41, 5.74) is 3.09. The molecule has 3 aliphatic heterocycles. The van der Waals surface area contributed by atoms with Crippen molar-refractivity contribution in [2.45, 2.75) is 75.1 Å². The van der Waals surface area contributed by atoms with Gasteiger partial charge in [-0.1, -0.05) is 36.7 Å². The van der Waals surface area contributed by atoms with Crippen LogP contribution in [0.25, 0.3) is 0 Å². The number of benzene rings is 2. The number of rotatable bonds is 3. The number of carbonyl (C=O) groups is 1. The molecule has 1 amide bonds. The van der Waals surface area contributed by atoms with Crippen molar-refractivity contribution in [3.63, 3.8) is 0 Å². The van der Waals surface area contributed by atoms with Crippen molar-refractivity contribution >= 4 is 44.7 Å². The molecule has 258 valence electrons. The Morgan fingerprint density at radius 1 is 1.19 bits per heavy atom. The number of nitrogens with zero attached hydrogens (tertiary/aromatic N) is 2. The zero-order chi connectivity index (χ0) is 33.7. The lowest BCUT2D eigenvalue weighted by Gasteiger charge is -2.50. The molecule has 10 heteroatoms. The van der Waals surface area contributed by atoms with Gasteiger partial charge in [-0.05, 0) is 111 Å². The third-order valence-electron chi connectivity index (χ3n) is 11.8. The van der Waals surface area contributed by atoms with Crippen LogP contribution >= 0.6 is 11.6 Å². The minimum atomic E-state index is -2.96. The fourth-order valence-corrected chi connectivity index (χ4v) is 10.3. The van der Waals surface area contributed by atoms with Crippen LogP contribution in [-0.4, -0.2) is 72.7 Å². The highest BCUT2D eigenvalue weighted by atomic mass is 35.5. The molecule has 0 aromatic heterocycles. The summed E-state index contributed by atoms with van der Waals surface area (Å²) in [7, 11) is -1.15. The van der Waals surface area contributed by atoms with Gasteiger partial charge in [0, 0.05) is 41.5 Å². The van der Waals surface area contributed by atoms with Gasteiger partial charge >= 0.3 is 0 Å². The fourth-order valence-electron chi connectivity index (χ4n) is 8.66. The van der Waals surface area contributed by atoms with Gasteiger partial charge in [0.15, 0.2) is 5.90 Å². The Kier molecular flexibility index (Phi) is 9.09. The van der Waals surface area contributed by atoms with Crippen LogP contribution in [0.3, 0.4) is 0 Å². The molecule has 5 aliphatic rings. The monoisotopic (exact) mass is 693 g/mol. The SMILES string of the molecule is C=S1(=O)NC(=O)c2ccc3c(c2)N(C[C@@H]2CC[C@H]2[C@@](CC2=NCCO2)(OC)/C=C/C[C@H](C)[C@H]1C)C[C@@]1(CCCc2cc(Cl)ccc21)CO3. The number of ether oxygens (including phenoxy) is 3. The topological polar surface area (TPSA) is 89.5 Å². The molecular weight excluding hydrogens is 646 g/mol. The molecule has 0 radical (unpaired) electrons. The first kappa shape index (κ1) is 33.5. The number of hydrogen-bond donors (Lipinski definition) is 1. The highest BCUT2D eigenvalue weighted by Crippen LogP contribution is 2.50. The van der Waals surface area contributed by atoms with E-state index in [0.717, 1.165) is 67.6 Å². The van der Waals surface area contributed by atoms with Crippen LogP contribution < -0.4 is 14.4 Å². The molecule has 2 aliphatic carbocycles. The predicted molar refractivity (Wildman–Crippen MR) is 194 cm³/mol. The summed E-state index contributed by atoms with van der Waals surface area (Å²) in [5, 5.41) is 0.405. The molecule has 2 aromatic carbocycles. The van der Waals surface area contributed by atoms with E-state index in [1.807, 2.05) is 25.1 Å². The van der Waals surface area contributed by atoms with E-state index in [-0.39, 0.29) is 28.4 Å². The van der Waals surface area contributed by atoms with Gasteiger partial charge in [-0.15, -0.1) is 0 Å². The molecule has 7 rings (SSSR count). The minimum absolute atomic E-state index is 0.00616. The molecule has 0 saturated heterocycles. The van der Waals surface area contributed by atoms with E-state index in [4.69, 9.17) is 25.8 Å². The van der Waals surface area contributed by atoms with Crippen molar-refractivity contribution in [2.75, 3.05) is 44.9 Å². The highest BCUT2D eigenvalue weighted by Gasteiger charge is 2.50. The maximum Gasteiger partial charge on any atom is 0.262 e. The van der Waals surface area contributed by atoms with E-state index < -0.39 is 15.3 Å². The molecule has 1 unspecified atom stereocenters. The lowest BCUT2D eigenvalue weighted by Crippen LogP contribution is -2.53. The minimum Gasteiger partial charge on any atom is -0.490 e. The standard InChI is InChI=1S/C38H48ClN3O5S/c1-25-7-5-16-38(45-3,21-35-40-17-18-46-35)32-12-9-29(32)22-42-23-37(15-6-8-27-19-30(39)11-13-31(27)37)24-47-34-14-10-28(20-33(34)42)36(43)41-48(4,44)26(25)2/h5,10-11,13-14,16,19-20,25-26,29,32H,4,6-9,12,15,17-18,21-24H2,1-3H3,(H,41,43,44)/b16-5+/t25-,26+,29-,32+,37-,38+,48?/m0/s1. The van der Waals surface area contributed by atoms with E-state index in [1.54, 1.807) is 13.2 Å². The van der Waals surface area contributed by atoms with Crippen LogP contribution in [-0.2, 0) is 31.0 Å². The van der Waals surface area contributed by atoms with Crippen LogP contribution in [0.5, 0.6) is 5.75 Å². The van der Waals surface area contributed by atoms with Gasteiger partial charge in [0.25, 0.3) is 5.91 Å². The van der Waals surface area contributed by atoms with E-state index in [1.165, 1.54) is 11.1 Å². The molecule has 2 bridgehead atoms. The zero-order valence-electron chi connectivity index (χ0n) is 28.3. The van der Waals surface area contributed by atoms with Crippen molar-refractivity contribution < 1.29 is 23.2 Å². The van der Waals surface area contributed by atoms with E-state index in [9.17, 15) is 9.00 Å². The summed E-state index contributed by atoms with van der Waals surface area (Å²) >= 11 is 6.48. The summed E-state index contributed by atoms with van der Waals surface area (Å²) < 4.78 is 35.9. The number of anilines is 1. The second kappa shape index (κ2) is 13.0. The normalized spacial score (nSPS) is 35.5. The Bertz CT molecular complexity index is 1740. The first-order valence-corrected chi connectivity index (χ1v) is 19.6. The number of allylic oxidation sites excluding steroid dienone is 1. The van der Waals surface area contributed by atoms with E-state index in [2.05, 4.69) is 51.7 Å². The lowest BCUT2D eigenvalue weighted by molar-refractivity contribution is -0.0722. The van der Waals surface area contributed by atoms with Gasteiger partial charge in [-0.2, -0.15) is 0 Å². The molecule has 3 heterocycles. The van der Waals surface area contributed by atoms with Crippen LogP contribution in [0.1, 0.15) is 73.9 Å². The highest BCUT2D eigenvalue weighted by molar-refractivity contribution is 7.99. The summed E-state index contributed by atoms with van der Waals surface area (Å²) in [4.78, 5) is 20.8. The predicted octanol–water partition coefficient (Wildman–Crippen LogP) is 6.39. The van der Waals surface area contributed by atoms with Crippen molar-refractivity contribution in [3.8, 4) is 5.75 Å². The van der Waals surface area contributed by atoms with Crippen LogP contribution in [0.4, 0.5) is 5.69 Å². The smallest absolute Gasteiger partial charge is 0.262 e. The lowest BCUT2D eigenvalue weighted by atomic mass is 9.63. The van der Waals surface area contributed by atoms with Crippen LogP contribution in [0, 0.1) is 17.8 Å². The van der Waals surface area contributed by atoms with Gasteiger partial charge in [0.2, 0.25) is 0 Å². The molecule has 1 N–H and O–H groups in total. The Labute approximate surface area is 290 Å². The summed E-state index contributed by atoms with van der Waals surface area (Å²) in [6.07, 6.45) is 10.8. The molecule has 8 nitrogen and oxygen atoms in total. The summed E-state index contributed by atoms with van der Waals surface area (Å²) in [6.45, 7) is 7.31. The van der Waals surface area contributed by atoms with E-state index in [0.29, 0.717) is 44.1 Å². The average Bonchev–Trinajstić information content (AvgIpc) is 3.51. The van der Waals surface area contributed by atoms with Crippen LogP contribution in [0.2, 0.25) is 5.02 Å². The largest absolute Gasteiger partial charge is 0.490 e. The average molecular weight is 694 g/mol. The van der Waals surface area contributed by atoms with Crippen LogP contribution in [0.15, 0.2) is 53.5 Å². The number of carbonyl (C=O) groups excluding carboxylic acids is 1. The quantitative estimate of drug-likeness (QED) is 0.296. The van der Waals surface area contributed by atoms with Gasteiger partial charge in [0.1, 0.15) is 12.4 Å². The Balaban J connectivity index is 1.33. The number of nitrogens with one attached hydrogen (secondary N) is 1. The van der Waals surface area contributed by atoms with E-state index >= 15 is 0 Å². The second-order valence-corrected chi connectivity index (χ2v) is 17.5. The van der Waals surface area contributed by atoms with Gasteiger partial charge in [0.05, 0.1) is 40.6 Å². The molecule has 7 atom stereocenters. The number of amides is 1. The van der Waals surface area contributed by atoms with Gasteiger partial charge in [-0.25, -0.2) is 4.21 Å². The first-order valence-electron chi connectivity index (χ1n) is 17.4. The summed E-state index contributed by atoms with van der Waals surface area (Å²) in [5.74, 6) is 5.72. The number of aliphatic imine (C=N–C) groups is 1. The maximum atomic E-state index is 13.9. The third kappa shape index (κ3) is 6.15. The molecule has 2 aromatic rings. The first-order chi connectivity index (χ1) is 23.0. The number of halogens is 1. The van der Waals surface area contributed by atoms with Crippen molar-refractivity contribution in [2.24, 2.45) is 22.7 Å². The Morgan fingerprint density at radius 3 is 2.79 bits per heavy atom. The summed E-state index contributed by atoms with van der Waals surface area (Å²) in [6, 6.07) is 11.9. The molecular formula is C38H48ClN3O5S. The van der Waals surface area contributed by atoms with Crippen molar-refractivity contribution in [1.29, 1.82) is 0 Å². The number of fused-ring (bicyclic) bond motifs is 4. The zero-order valence-corrected chi connectivity index (χ0v) is 29.9. The molecule has 1 saturated carbocycles.